The van der Waals surface area contributed by atoms with Gasteiger partial charge in [0.15, 0.2) is 0 Å². The van der Waals surface area contributed by atoms with E-state index in [1.807, 2.05) is 32.2 Å². The monoisotopic (exact) mass is 814 g/mol. The van der Waals surface area contributed by atoms with Gasteiger partial charge in [-0.05, 0) is 79.7 Å². The minimum Gasteiger partial charge on any atom is -0.491 e. The van der Waals surface area contributed by atoms with Crippen LogP contribution in [0.1, 0.15) is 73.9 Å². The molecule has 6 rings (SSSR count). The maximum absolute atomic E-state index is 13.6. The highest BCUT2D eigenvalue weighted by atomic mass is 35.5. The van der Waals surface area contributed by atoms with Crippen molar-refractivity contribution in [3.63, 3.8) is 0 Å². The summed E-state index contributed by atoms with van der Waals surface area (Å²) in [7, 11) is 2.05. The average Bonchev–Trinajstić information content (AvgIpc) is 3.39. The number of nitrogens with zero attached hydrogens (tertiary/aromatic N) is 3. The third-order valence-corrected chi connectivity index (χ3v) is 14.0. The third-order valence-electron chi connectivity index (χ3n) is 12.5. The minimum atomic E-state index is -1.54. The van der Waals surface area contributed by atoms with Gasteiger partial charge < -0.3 is 23.8 Å². The average molecular weight is 816 g/mol. The first-order valence-electron chi connectivity index (χ1n) is 20.7. The summed E-state index contributed by atoms with van der Waals surface area (Å²) in [5.74, 6) is 1.47. The molecule has 7 unspecified atom stereocenters. The summed E-state index contributed by atoms with van der Waals surface area (Å²) < 4.78 is 40.5. The molecule has 1 N–H and O–H groups in total. The van der Waals surface area contributed by atoms with Crippen LogP contribution in [0, 0.1) is 17.8 Å². The Morgan fingerprint density at radius 1 is 0.982 bits per heavy atom. The Hall–Kier alpha value is -2.51. The SMILES string of the molecule is CCCc1ccccc1C1COc2ccc3cc2N(C1)CC1CCC1C(CN1CCN(CCOCCOC)CC1)(OC)/C=C/CC(C)C(C)S(=O)NC3=O.CCl. The number of hydrogen-bond donors (Lipinski definition) is 1. The van der Waals surface area contributed by atoms with Crippen LogP contribution in [0.25, 0.3) is 0 Å². The van der Waals surface area contributed by atoms with E-state index in [1.165, 1.54) is 17.5 Å². The lowest BCUT2D eigenvalue weighted by Gasteiger charge is -2.52. The number of halogens is 1. The number of alkyl halides is 1. The summed E-state index contributed by atoms with van der Waals surface area (Å²) in [5, 5.41) is -0.226. The maximum Gasteiger partial charge on any atom is 0.263 e. The van der Waals surface area contributed by atoms with Crippen molar-refractivity contribution in [1.82, 2.24) is 14.5 Å². The van der Waals surface area contributed by atoms with Crippen molar-refractivity contribution in [1.29, 1.82) is 0 Å². The van der Waals surface area contributed by atoms with Crippen molar-refractivity contribution in [3.8, 4) is 5.75 Å². The molecule has 4 aliphatic rings. The number of nitrogens with one attached hydrogen (secondary N) is 1. The van der Waals surface area contributed by atoms with Crippen LogP contribution in [0.4, 0.5) is 5.69 Å². The molecular formula is C44H67ClN4O6S. The zero-order valence-electron chi connectivity index (χ0n) is 34.7. The third kappa shape index (κ3) is 11.2. The zero-order chi connectivity index (χ0) is 40.1. The van der Waals surface area contributed by atoms with Crippen LogP contribution < -0.4 is 14.4 Å². The fourth-order valence-electron chi connectivity index (χ4n) is 8.80. The molecule has 1 aliphatic carbocycles. The number of ether oxygens (including phenoxy) is 4. The smallest absolute Gasteiger partial charge is 0.263 e. The molecule has 0 radical (unpaired) electrons. The predicted molar refractivity (Wildman–Crippen MR) is 229 cm³/mol. The Balaban J connectivity index is 0.00000295. The summed E-state index contributed by atoms with van der Waals surface area (Å²) in [4.78, 5) is 21.1. The first-order chi connectivity index (χ1) is 27.2. The number of carbonyl (C=O) groups excluding carboxylic acids is 1. The van der Waals surface area contributed by atoms with Crippen LogP contribution in [0.5, 0.6) is 5.75 Å². The first-order valence-corrected chi connectivity index (χ1v) is 22.6. The Morgan fingerprint density at radius 3 is 2.46 bits per heavy atom. The fourth-order valence-corrected chi connectivity index (χ4v) is 9.82. The molecule has 3 aliphatic heterocycles. The predicted octanol–water partition coefficient (Wildman–Crippen LogP) is 6.55. The molecule has 56 heavy (non-hydrogen) atoms. The summed E-state index contributed by atoms with van der Waals surface area (Å²) in [6.45, 7) is 16.2. The van der Waals surface area contributed by atoms with Gasteiger partial charge in [-0.25, -0.2) is 4.21 Å². The van der Waals surface area contributed by atoms with Crippen LogP contribution in [0.3, 0.4) is 0 Å². The second kappa shape index (κ2) is 22.0. The van der Waals surface area contributed by atoms with Gasteiger partial charge in [0, 0.05) is 84.4 Å². The highest BCUT2D eigenvalue weighted by molar-refractivity contribution is 7.84. The van der Waals surface area contributed by atoms with Gasteiger partial charge in [0.25, 0.3) is 5.91 Å². The summed E-state index contributed by atoms with van der Waals surface area (Å²) in [6.07, 6.45) is 11.2. The van der Waals surface area contributed by atoms with E-state index in [9.17, 15) is 9.00 Å². The molecule has 0 aromatic heterocycles. The Morgan fingerprint density at radius 2 is 1.75 bits per heavy atom. The van der Waals surface area contributed by atoms with E-state index in [0.717, 1.165) is 103 Å². The molecule has 12 heteroatoms. The second-order valence-electron chi connectivity index (χ2n) is 15.9. The maximum atomic E-state index is 13.6. The van der Waals surface area contributed by atoms with E-state index in [2.05, 4.69) is 81.3 Å². The molecule has 10 nitrogen and oxygen atoms in total. The van der Waals surface area contributed by atoms with Crippen LogP contribution in [-0.2, 0) is 31.6 Å². The van der Waals surface area contributed by atoms with E-state index in [-0.39, 0.29) is 23.0 Å². The number of amides is 1. The number of benzene rings is 2. The molecule has 1 saturated heterocycles. The van der Waals surface area contributed by atoms with Crippen LogP contribution >= 0.6 is 11.6 Å². The van der Waals surface area contributed by atoms with Crippen molar-refractivity contribution in [2.45, 2.75) is 69.6 Å². The molecule has 2 fully saturated rings. The molecular weight excluding hydrogens is 748 g/mol. The van der Waals surface area contributed by atoms with Crippen molar-refractivity contribution in [2.24, 2.45) is 17.8 Å². The first kappa shape index (κ1) is 44.6. The van der Waals surface area contributed by atoms with Crippen molar-refractivity contribution in [3.05, 3.63) is 71.3 Å². The van der Waals surface area contributed by atoms with Gasteiger partial charge >= 0.3 is 0 Å². The number of fused-ring (bicyclic) bond motifs is 2. The van der Waals surface area contributed by atoms with E-state index in [4.69, 9.17) is 18.9 Å². The molecule has 1 amide bonds. The number of allylic oxidation sites excluding steroid dienone is 1. The normalized spacial score (nSPS) is 29.4. The molecule has 3 heterocycles. The molecule has 7 atom stereocenters. The summed E-state index contributed by atoms with van der Waals surface area (Å²) >= 11 is 4.64. The quantitative estimate of drug-likeness (QED) is 0.146. The van der Waals surface area contributed by atoms with Gasteiger partial charge in [0.2, 0.25) is 0 Å². The number of rotatable bonds is 12. The number of anilines is 1. The molecule has 0 spiro atoms. The summed E-state index contributed by atoms with van der Waals surface area (Å²) in [6, 6.07) is 14.5. The number of carbonyl (C=O) groups is 1. The number of aryl methyl sites for hydroxylation is 1. The van der Waals surface area contributed by atoms with Crippen LogP contribution in [0.2, 0.25) is 0 Å². The minimum absolute atomic E-state index is 0.0974. The highest BCUT2D eigenvalue weighted by Gasteiger charge is 2.48. The molecule has 1 saturated carbocycles. The van der Waals surface area contributed by atoms with E-state index in [0.29, 0.717) is 37.2 Å². The Kier molecular flexibility index (Phi) is 17.5. The van der Waals surface area contributed by atoms with E-state index >= 15 is 0 Å². The lowest BCUT2D eigenvalue weighted by Crippen LogP contribution is -2.58. The van der Waals surface area contributed by atoms with Crippen molar-refractivity contribution < 1.29 is 28.0 Å². The number of piperazine rings is 1. The van der Waals surface area contributed by atoms with Crippen molar-refractivity contribution >= 4 is 34.2 Å². The van der Waals surface area contributed by atoms with Crippen LogP contribution in [0.15, 0.2) is 54.6 Å². The molecule has 312 valence electrons. The van der Waals surface area contributed by atoms with Gasteiger partial charge in [-0.3, -0.25) is 19.3 Å². The van der Waals surface area contributed by atoms with Gasteiger partial charge in [-0.1, -0.05) is 56.7 Å². The van der Waals surface area contributed by atoms with E-state index < -0.39 is 16.6 Å². The lowest BCUT2D eigenvalue weighted by atomic mass is 9.63. The second-order valence-corrected chi connectivity index (χ2v) is 17.5. The Labute approximate surface area is 344 Å². The largest absolute Gasteiger partial charge is 0.491 e. The molecule has 2 aromatic carbocycles. The Bertz CT molecular complexity index is 1590. The van der Waals surface area contributed by atoms with Gasteiger partial charge in [-0.2, -0.15) is 0 Å². The zero-order valence-corrected chi connectivity index (χ0v) is 36.3. The highest BCUT2D eigenvalue weighted by Crippen LogP contribution is 2.47. The standard InChI is InChI=1S/C43H64N4O6S.CH3Cl/c1-6-10-34-12-7-8-13-38(34)37-29-47-28-36-14-16-39(36)43(51-5,31-46-21-19-45(20-22-46)23-24-52-26-25-50-4)18-9-11-32(2)33(3)54(49)44-42(48)35-15-17-41(53-30-37)40(47)27-35;1-2/h7-9,12-13,15,17-18,27,32-33,36-37,39H,6,10-11,14,16,19-26,28-31H2,1-5H3,(H,44,48);1H3/b18-9+;. The van der Waals surface area contributed by atoms with Crippen LogP contribution in [-0.4, -0.2) is 130 Å². The lowest BCUT2D eigenvalue weighted by molar-refractivity contribution is -0.0957. The molecule has 2 aromatic rings. The van der Waals surface area contributed by atoms with E-state index in [1.54, 1.807) is 7.11 Å². The number of methoxy groups -OCH3 is 2. The number of hydrogen-bond acceptors (Lipinski definition) is 9. The van der Waals surface area contributed by atoms with Gasteiger partial charge in [-0.15, -0.1) is 11.6 Å². The van der Waals surface area contributed by atoms with Gasteiger partial charge in [0.1, 0.15) is 22.3 Å². The molecule has 2 bridgehead atoms. The topological polar surface area (TPSA) is 92.8 Å². The fraction of sp³-hybridized carbons (Fsp3) is 0.659. The van der Waals surface area contributed by atoms with Gasteiger partial charge in [0.05, 0.1) is 37.4 Å². The summed E-state index contributed by atoms with van der Waals surface area (Å²) in [5.41, 5.74) is 3.70. The van der Waals surface area contributed by atoms with Crippen molar-refractivity contribution in [2.75, 3.05) is 104 Å².